The third kappa shape index (κ3) is 5.10. The van der Waals surface area contributed by atoms with Gasteiger partial charge in [0.05, 0.1) is 24.7 Å². The van der Waals surface area contributed by atoms with E-state index < -0.39 is 0 Å². The van der Waals surface area contributed by atoms with E-state index in [2.05, 4.69) is 15.8 Å². The summed E-state index contributed by atoms with van der Waals surface area (Å²) in [6, 6.07) is -0.311. The molecular weight excluding hydrogens is 234 g/mol. The summed E-state index contributed by atoms with van der Waals surface area (Å²) in [5, 5.41) is 9.03. The van der Waals surface area contributed by atoms with E-state index >= 15 is 0 Å². The van der Waals surface area contributed by atoms with E-state index in [4.69, 9.17) is 10.8 Å². The first-order chi connectivity index (χ1) is 8.29. The summed E-state index contributed by atoms with van der Waals surface area (Å²) >= 11 is 1.91. The monoisotopic (exact) mass is 257 g/mol. The molecule has 0 aliphatic heterocycles. The van der Waals surface area contributed by atoms with Crippen LogP contribution in [0.3, 0.4) is 0 Å². The molecule has 3 N–H and O–H groups in total. The van der Waals surface area contributed by atoms with Crippen LogP contribution in [0.5, 0.6) is 0 Å². The standard InChI is InChI=1S/C12H23N3OS/c1-17-7-5-3-2-4-6-15-10-14-8-12(15)11(13)9-16/h8,10-11,16H,2-7,9,13H2,1H3. The van der Waals surface area contributed by atoms with Crippen LogP contribution in [0, 0.1) is 0 Å². The van der Waals surface area contributed by atoms with Crippen LogP contribution in [-0.4, -0.2) is 33.3 Å². The minimum atomic E-state index is -0.311. The van der Waals surface area contributed by atoms with Gasteiger partial charge in [-0.2, -0.15) is 11.8 Å². The molecule has 1 aromatic heterocycles. The number of imidazole rings is 1. The zero-order valence-electron chi connectivity index (χ0n) is 10.5. The molecule has 4 nitrogen and oxygen atoms in total. The summed E-state index contributed by atoms with van der Waals surface area (Å²) in [6.07, 6.45) is 10.7. The van der Waals surface area contributed by atoms with Gasteiger partial charge in [-0.05, 0) is 24.9 Å². The molecular formula is C12H23N3OS. The molecule has 1 heterocycles. The number of thioether (sulfide) groups is 1. The number of aliphatic hydroxyl groups is 1. The normalized spacial score (nSPS) is 12.9. The van der Waals surface area contributed by atoms with Gasteiger partial charge < -0.3 is 15.4 Å². The Kier molecular flexibility index (Phi) is 7.32. The fraction of sp³-hybridized carbons (Fsp3) is 0.750. The van der Waals surface area contributed by atoms with Crippen LogP contribution < -0.4 is 5.73 Å². The summed E-state index contributed by atoms with van der Waals surface area (Å²) in [7, 11) is 0. The Balaban J connectivity index is 2.24. The van der Waals surface area contributed by atoms with Crippen LogP contribution in [0.4, 0.5) is 0 Å². The lowest BCUT2D eigenvalue weighted by Crippen LogP contribution is -2.18. The Labute approximate surface area is 108 Å². The zero-order valence-corrected chi connectivity index (χ0v) is 11.3. The lowest BCUT2D eigenvalue weighted by atomic mass is 10.2. The first-order valence-electron chi connectivity index (χ1n) is 6.15. The molecule has 0 amide bonds. The second-order valence-electron chi connectivity index (χ2n) is 4.21. The quantitative estimate of drug-likeness (QED) is 0.662. The number of hydrogen-bond acceptors (Lipinski definition) is 4. The van der Waals surface area contributed by atoms with Crippen molar-refractivity contribution in [1.29, 1.82) is 0 Å². The van der Waals surface area contributed by atoms with Crippen molar-refractivity contribution in [3.63, 3.8) is 0 Å². The summed E-state index contributed by atoms with van der Waals surface area (Å²) < 4.78 is 2.05. The first kappa shape index (κ1) is 14.5. The second-order valence-corrected chi connectivity index (χ2v) is 5.19. The molecule has 1 atom stereocenters. The third-order valence-corrected chi connectivity index (χ3v) is 3.52. The van der Waals surface area contributed by atoms with Crippen molar-refractivity contribution < 1.29 is 5.11 Å². The van der Waals surface area contributed by atoms with Gasteiger partial charge in [-0.25, -0.2) is 4.98 Å². The van der Waals surface area contributed by atoms with Crippen molar-refractivity contribution >= 4 is 11.8 Å². The molecule has 0 aliphatic carbocycles. The van der Waals surface area contributed by atoms with E-state index in [9.17, 15) is 0 Å². The Hall–Kier alpha value is -0.520. The van der Waals surface area contributed by atoms with Crippen LogP contribution in [0.25, 0.3) is 0 Å². The van der Waals surface area contributed by atoms with E-state index in [1.807, 2.05) is 11.8 Å². The van der Waals surface area contributed by atoms with Gasteiger partial charge in [-0.3, -0.25) is 0 Å². The highest BCUT2D eigenvalue weighted by molar-refractivity contribution is 7.98. The van der Waals surface area contributed by atoms with Crippen molar-refractivity contribution in [2.24, 2.45) is 5.73 Å². The van der Waals surface area contributed by atoms with Crippen molar-refractivity contribution in [2.45, 2.75) is 38.3 Å². The number of aromatic nitrogens is 2. The first-order valence-corrected chi connectivity index (χ1v) is 7.54. The molecule has 1 unspecified atom stereocenters. The van der Waals surface area contributed by atoms with Crippen LogP contribution in [0.2, 0.25) is 0 Å². The topological polar surface area (TPSA) is 64.1 Å². The van der Waals surface area contributed by atoms with Gasteiger partial charge in [-0.15, -0.1) is 0 Å². The van der Waals surface area contributed by atoms with Gasteiger partial charge in [0.1, 0.15) is 0 Å². The molecule has 1 aromatic rings. The van der Waals surface area contributed by atoms with E-state index in [0.29, 0.717) is 0 Å². The highest BCUT2D eigenvalue weighted by Gasteiger charge is 2.09. The van der Waals surface area contributed by atoms with Gasteiger partial charge in [0.15, 0.2) is 0 Å². The van der Waals surface area contributed by atoms with Crippen molar-refractivity contribution in [3.8, 4) is 0 Å². The largest absolute Gasteiger partial charge is 0.394 e. The van der Waals surface area contributed by atoms with Crippen LogP contribution in [0.1, 0.15) is 37.4 Å². The number of hydrogen-bond donors (Lipinski definition) is 2. The SMILES string of the molecule is CSCCCCCCn1cncc1C(N)CO. The maximum atomic E-state index is 9.03. The van der Waals surface area contributed by atoms with E-state index in [1.165, 1.54) is 25.0 Å². The Morgan fingerprint density at radius 3 is 2.88 bits per heavy atom. The number of aliphatic hydroxyl groups excluding tert-OH is 1. The second kappa shape index (κ2) is 8.55. The Bertz CT molecular complexity index is 304. The summed E-state index contributed by atoms with van der Waals surface area (Å²) in [5.41, 5.74) is 6.72. The maximum absolute atomic E-state index is 9.03. The minimum Gasteiger partial charge on any atom is -0.394 e. The fourth-order valence-electron chi connectivity index (χ4n) is 1.80. The molecule has 1 rings (SSSR count). The van der Waals surface area contributed by atoms with E-state index in [1.54, 1.807) is 12.5 Å². The molecule has 17 heavy (non-hydrogen) atoms. The van der Waals surface area contributed by atoms with Gasteiger partial charge in [0, 0.05) is 12.7 Å². The average Bonchev–Trinajstić information content (AvgIpc) is 2.81. The number of aryl methyl sites for hydroxylation is 1. The van der Waals surface area contributed by atoms with E-state index in [-0.39, 0.29) is 12.6 Å². The van der Waals surface area contributed by atoms with Gasteiger partial charge in [0.2, 0.25) is 0 Å². The lowest BCUT2D eigenvalue weighted by Gasteiger charge is -2.12. The molecule has 0 spiro atoms. The highest BCUT2D eigenvalue weighted by Crippen LogP contribution is 2.11. The molecule has 0 radical (unpaired) electrons. The fourth-order valence-corrected chi connectivity index (χ4v) is 2.29. The van der Waals surface area contributed by atoms with Crippen LogP contribution in [-0.2, 0) is 6.54 Å². The number of nitrogens with two attached hydrogens (primary N) is 1. The molecule has 0 saturated heterocycles. The van der Waals surface area contributed by atoms with E-state index in [0.717, 1.165) is 18.7 Å². The molecule has 0 aromatic carbocycles. The molecule has 0 aliphatic rings. The molecule has 0 bridgehead atoms. The predicted molar refractivity (Wildman–Crippen MR) is 73.1 cm³/mol. The van der Waals surface area contributed by atoms with Crippen molar-refractivity contribution in [1.82, 2.24) is 9.55 Å². The van der Waals surface area contributed by atoms with Gasteiger partial charge in [0.25, 0.3) is 0 Å². The minimum absolute atomic E-state index is 0.0284. The molecule has 5 heteroatoms. The molecule has 0 saturated carbocycles. The molecule has 98 valence electrons. The van der Waals surface area contributed by atoms with Crippen molar-refractivity contribution in [3.05, 3.63) is 18.2 Å². The smallest absolute Gasteiger partial charge is 0.0948 e. The summed E-state index contributed by atoms with van der Waals surface area (Å²) in [5.74, 6) is 1.26. The molecule has 0 fully saturated rings. The Morgan fingerprint density at radius 2 is 2.18 bits per heavy atom. The van der Waals surface area contributed by atoms with Crippen LogP contribution in [0.15, 0.2) is 12.5 Å². The summed E-state index contributed by atoms with van der Waals surface area (Å²) in [4.78, 5) is 4.09. The van der Waals surface area contributed by atoms with Crippen LogP contribution >= 0.6 is 11.8 Å². The lowest BCUT2D eigenvalue weighted by molar-refractivity contribution is 0.263. The highest BCUT2D eigenvalue weighted by atomic mass is 32.2. The maximum Gasteiger partial charge on any atom is 0.0948 e. The average molecular weight is 257 g/mol. The zero-order chi connectivity index (χ0) is 12.5. The summed E-state index contributed by atoms with van der Waals surface area (Å²) in [6.45, 7) is 0.918. The number of rotatable bonds is 9. The van der Waals surface area contributed by atoms with Crippen molar-refractivity contribution in [2.75, 3.05) is 18.6 Å². The Morgan fingerprint density at radius 1 is 1.41 bits per heavy atom. The van der Waals surface area contributed by atoms with Gasteiger partial charge in [-0.1, -0.05) is 12.8 Å². The third-order valence-electron chi connectivity index (χ3n) is 2.82. The predicted octanol–water partition coefficient (Wildman–Crippen LogP) is 1.80. The number of nitrogens with zero attached hydrogens (tertiary/aromatic N) is 2. The number of unbranched alkanes of at least 4 members (excludes halogenated alkanes) is 3. The van der Waals surface area contributed by atoms with Gasteiger partial charge >= 0.3 is 0 Å².